The van der Waals surface area contributed by atoms with Gasteiger partial charge in [-0.3, -0.25) is 19.4 Å². The molecule has 146 valence electrons. The van der Waals surface area contributed by atoms with Crippen LogP contribution in [0.3, 0.4) is 0 Å². The molecule has 0 aliphatic rings. The molecule has 3 rings (SSSR count). The van der Waals surface area contributed by atoms with Crippen LogP contribution in [0.1, 0.15) is 6.42 Å². The Hall–Kier alpha value is -3.04. The van der Waals surface area contributed by atoms with E-state index >= 15 is 0 Å². The number of nitrogens with zero attached hydrogens (tertiary/aromatic N) is 2. The van der Waals surface area contributed by atoms with Crippen molar-refractivity contribution < 1.29 is 18.4 Å². The van der Waals surface area contributed by atoms with E-state index in [1.54, 1.807) is 6.07 Å². The van der Waals surface area contributed by atoms with Gasteiger partial charge in [-0.15, -0.1) is 0 Å². The van der Waals surface area contributed by atoms with E-state index in [4.69, 9.17) is 5.21 Å². The Morgan fingerprint density at radius 2 is 1.89 bits per heavy atom. The van der Waals surface area contributed by atoms with E-state index in [1.807, 2.05) is 42.5 Å². The Morgan fingerprint density at radius 1 is 1.18 bits per heavy atom. The van der Waals surface area contributed by atoms with Gasteiger partial charge in [0.25, 0.3) is 11.5 Å². The molecule has 9 heteroatoms. The Labute approximate surface area is 161 Å². The van der Waals surface area contributed by atoms with Crippen molar-refractivity contribution in [2.45, 2.75) is 18.2 Å². The summed E-state index contributed by atoms with van der Waals surface area (Å²) in [5.41, 5.74) is 3.47. The first-order chi connectivity index (χ1) is 13.3. The van der Waals surface area contributed by atoms with Crippen LogP contribution in [0.5, 0.6) is 0 Å². The van der Waals surface area contributed by atoms with Crippen molar-refractivity contribution in [1.29, 1.82) is 0 Å². The molecule has 1 atom stereocenters. The van der Waals surface area contributed by atoms with Crippen LogP contribution in [0.4, 0.5) is 0 Å². The molecule has 2 N–H and O–H groups in total. The summed E-state index contributed by atoms with van der Waals surface area (Å²) in [6.07, 6.45) is 2.06. The average molecular weight is 401 g/mol. The smallest absolute Gasteiger partial charge is 0.261 e. The molecule has 3 aromatic rings. The van der Waals surface area contributed by atoms with Crippen molar-refractivity contribution in [2.24, 2.45) is 0 Å². The third-order valence-corrected chi connectivity index (χ3v) is 5.97. The van der Waals surface area contributed by atoms with Crippen molar-refractivity contribution in [2.75, 3.05) is 6.26 Å². The summed E-state index contributed by atoms with van der Waals surface area (Å²) in [6.45, 7) is -0.0344. The second-order valence-corrected chi connectivity index (χ2v) is 8.65. The number of hydrogen-bond donors (Lipinski definition) is 2. The van der Waals surface area contributed by atoms with Gasteiger partial charge in [0.1, 0.15) is 5.25 Å². The van der Waals surface area contributed by atoms with E-state index in [-0.39, 0.29) is 18.5 Å². The number of hydrogen-bond acceptors (Lipinski definition) is 6. The Kier molecular flexibility index (Phi) is 5.57. The number of rotatable bonds is 6. The van der Waals surface area contributed by atoms with E-state index < -0.39 is 21.0 Å². The number of hydroxylamine groups is 1. The lowest BCUT2D eigenvalue weighted by Gasteiger charge is -2.14. The minimum atomic E-state index is -3.75. The highest BCUT2D eigenvalue weighted by molar-refractivity contribution is 7.92. The number of carbonyl (C=O) groups is 1. The molecule has 0 fully saturated rings. The van der Waals surface area contributed by atoms with Gasteiger partial charge < -0.3 is 0 Å². The zero-order valence-corrected chi connectivity index (χ0v) is 15.9. The summed E-state index contributed by atoms with van der Waals surface area (Å²) in [4.78, 5) is 28.6. The predicted molar refractivity (Wildman–Crippen MR) is 105 cm³/mol. The standard InChI is InChI=1S/C19H19N3O5S/c1-28(26,27)17(18(23)21-25)9-10-22-12-20-16-11-14(7-8-15(16)19(22)24)13-5-3-2-4-6-13/h2-8,11-12,17,25H,9-10H2,1H3,(H,21,23). The monoisotopic (exact) mass is 401 g/mol. The third kappa shape index (κ3) is 4.10. The van der Waals surface area contributed by atoms with Crippen LogP contribution >= 0.6 is 0 Å². The summed E-state index contributed by atoms with van der Waals surface area (Å²) < 4.78 is 24.8. The Balaban J connectivity index is 1.90. The molecule has 0 aliphatic heterocycles. The van der Waals surface area contributed by atoms with E-state index in [2.05, 4.69) is 4.98 Å². The van der Waals surface area contributed by atoms with Gasteiger partial charge in [-0.05, 0) is 29.7 Å². The molecule has 8 nitrogen and oxygen atoms in total. The molecule has 1 aromatic heterocycles. The molecule has 0 saturated heterocycles. The van der Waals surface area contributed by atoms with Gasteiger partial charge >= 0.3 is 0 Å². The minimum absolute atomic E-state index is 0.0344. The molecule has 0 bridgehead atoms. The van der Waals surface area contributed by atoms with Gasteiger partial charge in [-0.25, -0.2) is 18.9 Å². The number of fused-ring (bicyclic) bond motifs is 1. The van der Waals surface area contributed by atoms with Gasteiger partial charge in [-0.1, -0.05) is 36.4 Å². The predicted octanol–water partition coefficient (Wildman–Crippen LogP) is 1.37. The molecule has 2 aromatic carbocycles. The van der Waals surface area contributed by atoms with E-state index in [0.717, 1.165) is 17.4 Å². The van der Waals surface area contributed by atoms with Crippen LogP contribution in [0.25, 0.3) is 22.0 Å². The zero-order valence-electron chi connectivity index (χ0n) is 15.1. The van der Waals surface area contributed by atoms with Gasteiger partial charge in [0.2, 0.25) is 0 Å². The topological polar surface area (TPSA) is 118 Å². The van der Waals surface area contributed by atoms with Crippen LogP contribution in [0.15, 0.2) is 59.7 Å². The van der Waals surface area contributed by atoms with Crippen LogP contribution in [0, 0.1) is 0 Å². The van der Waals surface area contributed by atoms with E-state index in [1.165, 1.54) is 16.4 Å². The quantitative estimate of drug-likeness (QED) is 0.476. The number of sulfone groups is 1. The highest BCUT2D eigenvalue weighted by Crippen LogP contribution is 2.21. The number of benzene rings is 2. The molecule has 1 unspecified atom stereocenters. The van der Waals surface area contributed by atoms with E-state index in [9.17, 15) is 18.0 Å². The van der Waals surface area contributed by atoms with Gasteiger partial charge in [0.15, 0.2) is 9.84 Å². The molecular weight excluding hydrogens is 382 g/mol. The van der Waals surface area contributed by atoms with Crippen molar-refractivity contribution in [1.82, 2.24) is 15.0 Å². The largest absolute Gasteiger partial charge is 0.299 e. The highest BCUT2D eigenvalue weighted by atomic mass is 32.2. The molecule has 0 radical (unpaired) electrons. The van der Waals surface area contributed by atoms with Gasteiger partial charge in [-0.2, -0.15) is 0 Å². The fourth-order valence-electron chi connectivity index (χ4n) is 3.00. The lowest BCUT2D eigenvalue weighted by molar-refractivity contribution is -0.128. The Bertz CT molecular complexity index is 1170. The minimum Gasteiger partial charge on any atom is -0.299 e. The summed E-state index contributed by atoms with van der Waals surface area (Å²) >= 11 is 0. The summed E-state index contributed by atoms with van der Waals surface area (Å²) in [5, 5.41) is 7.67. The second kappa shape index (κ2) is 7.91. The maximum atomic E-state index is 12.7. The lowest BCUT2D eigenvalue weighted by atomic mass is 10.0. The fourth-order valence-corrected chi connectivity index (χ4v) is 3.97. The lowest BCUT2D eigenvalue weighted by Crippen LogP contribution is -2.39. The molecular formula is C19H19N3O5S. The first-order valence-corrected chi connectivity index (χ1v) is 10.4. The van der Waals surface area contributed by atoms with Gasteiger partial charge in [0.05, 0.1) is 17.2 Å². The highest BCUT2D eigenvalue weighted by Gasteiger charge is 2.28. The summed E-state index contributed by atoms with van der Waals surface area (Å²) in [5.74, 6) is -1.03. The van der Waals surface area contributed by atoms with Crippen molar-refractivity contribution in [3.05, 3.63) is 65.2 Å². The van der Waals surface area contributed by atoms with Crippen LogP contribution in [-0.2, 0) is 21.2 Å². The first kappa shape index (κ1) is 19.7. The number of nitrogens with one attached hydrogen (secondary N) is 1. The third-order valence-electron chi connectivity index (χ3n) is 4.48. The molecule has 1 amide bonds. The van der Waals surface area contributed by atoms with E-state index in [0.29, 0.717) is 10.9 Å². The first-order valence-electron chi connectivity index (χ1n) is 8.48. The maximum Gasteiger partial charge on any atom is 0.261 e. The normalized spacial score (nSPS) is 12.6. The molecule has 1 heterocycles. The average Bonchev–Trinajstić information content (AvgIpc) is 2.69. The van der Waals surface area contributed by atoms with Crippen molar-refractivity contribution >= 4 is 26.6 Å². The number of carbonyl (C=O) groups excluding carboxylic acids is 1. The van der Waals surface area contributed by atoms with Crippen molar-refractivity contribution in [3.8, 4) is 11.1 Å². The zero-order chi connectivity index (χ0) is 20.3. The fraction of sp³-hybridized carbons (Fsp3) is 0.211. The Morgan fingerprint density at radius 3 is 2.54 bits per heavy atom. The van der Waals surface area contributed by atoms with Crippen LogP contribution in [-0.4, -0.2) is 40.6 Å². The molecule has 28 heavy (non-hydrogen) atoms. The maximum absolute atomic E-state index is 12.7. The molecule has 0 saturated carbocycles. The number of aryl methyl sites for hydroxylation is 1. The summed E-state index contributed by atoms with van der Waals surface area (Å²) in [7, 11) is -3.75. The molecule has 0 aliphatic carbocycles. The van der Waals surface area contributed by atoms with Crippen molar-refractivity contribution in [3.63, 3.8) is 0 Å². The SMILES string of the molecule is CS(=O)(=O)C(CCn1cnc2cc(-c3ccccc3)ccc2c1=O)C(=O)NO. The molecule has 0 spiro atoms. The van der Waals surface area contributed by atoms with Gasteiger partial charge in [0, 0.05) is 12.8 Å². The number of aromatic nitrogens is 2. The van der Waals surface area contributed by atoms with Crippen LogP contribution in [0.2, 0.25) is 0 Å². The van der Waals surface area contributed by atoms with Crippen LogP contribution < -0.4 is 11.0 Å². The summed E-state index contributed by atoms with van der Waals surface area (Å²) in [6, 6.07) is 15.0. The number of amides is 1. The second-order valence-electron chi connectivity index (χ2n) is 6.42.